The number of nitrogens with zero attached hydrogens (tertiary/aromatic N) is 3. The lowest BCUT2D eigenvalue weighted by Gasteiger charge is -2.12. The Morgan fingerprint density at radius 1 is 1.19 bits per heavy atom. The summed E-state index contributed by atoms with van der Waals surface area (Å²) in [4.78, 5) is 15.6. The molecule has 6 N–H and O–H groups in total. The molecule has 0 atom stereocenters. The summed E-state index contributed by atoms with van der Waals surface area (Å²) in [6, 6.07) is 14.9. The van der Waals surface area contributed by atoms with Crippen LogP contribution in [0.2, 0.25) is 0 Å². The van der Waals surface area contributed by atoms with Crippen molar-refractivity contribution in [2.24, 2.45) is 12.9 Å². The maximum absolute atomic E-state index is 11.1. The summed E-state index contributed by atoms with van der Waals surface area (Å²) in [7, 11) is 1.77. The van der Waals surface area contributed by atoms with Crippen LogP contribution in [0.15, 0.2) is 54.6 Å². The van der Waals surface area contributed by atoms with Crippen LogP contribution in [0.4, 0.5) is 17.3 Å². The third-order valence-corrected chi connectivity index (χ3v) is 3.79. The topological polar surface area (TPSA) is 124 Å². The van der Waals surface area contributed by atoms with Gasteiger partial charge in [-0.25, -0.2) is 4.68 Å². The first-order valence-electron chi connectivity index (χ1n) is 7.88. The van der Waals surface area contributed by atoms with Crippen LogP contribution in [0.1, 0.15) is 5.56 Å². The fraction of sp³-hybridized carbons (Fsp3) is 0.0556. The Morgan fingerprint density at radius 3 is 2.62 bits per heavy atom. The Morgan fingerprint density at radius 2 is 1.96 bits per heavy atom. The lowest BCUT2D eigenvalue weighted by atomic mass is 10.1. The van der Waals surface area contributed by atoms with Crippen molar-refractivity contribution in [2.45, 2.75) is 0 Å². The van der Waals surface area contributed by atoms with Gasteiger partial charge in [-0.3, -0.25) is 10.6 Å². The number of rotatable bonds is 6. The minimum atomic E-state index is 0.464. The fourth-order valence-electron chi connectivity index (χ4n) is 2.46. The highest BCUT2D eigenvalue weighted by atomic mass is 16.1. The molecule has 0 fully saturated rings. The monoisotopic (exact) mass is 349 g/mol. The molecule has 3 aromatic rings. The Bertz CT molecular complexity index is 947. The summed E-state index contributed by atoms with van der Waals surface area (Å²) in [5, 5.41) is 7.54. The molecule has 26 heavy (non-hydrogen) atoms. The van der Waals surface area contributed by atoms with E-state index in [1.165, 1.54) is 6.08 Å². The highest BCUT2D eigenvalue weighted by Gasteiger charge is 2.12. The summed E-state index contributed by atoms with van der Waals surface area (Å²) in [5.74, 6) is 6.48. The van der Waals surface area contributed by atoms with Crippen LogP contribution < -0.4 is 22.3 Å². The predicted molar refractivity (Wildman–Crippen MR) is 103 cm³/mol. The zero-order valence-corrected chi connectivity index (χ0v) is 14.2. The van der Waals surface area contributed by atoms with E-state index in [1.807, 2.05) is 30.3 Å². The van der Waals surface area contributed by atoms with Crippen LogP contribution in [0.3, 0.4) is 0 Å². The number of hydrogen-bond acceptors (Lipinski definition) is 7. The molecule has 0 unspecified atom stereocenters. The van der Waals surface area contributed by atoms with E-state index < -0.39 is 0 Å². The number of allylic oxidation sites excluding steroid dienone is 1. The predicted octanol–water partition coefficient (Wildman–Crippen LogP) is 2.00. The van der Waals surface area contributed by atoms with Crippen molar-refractivity contribution >= 4 is 29.3 Å². The molecule has 1 heterocycles. The number of hydrogen-bond donors (Lipinski definition) is 4. The number of aromatic nitrogens is 3. The van der Waals surface area contributed by atoms with E-state index in [9.17, 15) is 4.79 Å². The van der Waals surface area contributed by atoms with Gasteiger partial charge in [0.15, 0.2) is 5.82 Å². The quantitative estimate of drug-likeness (QED) is 0.176. The van der Waals surface area contributed by atoms with Crippen molar-refractivity contribution in [3.05, 3.63) is 60.2 Å². The van der Waals surface area contributed by atoms with Gasteiger partial charge in [0.25, 0.3) is 0 Å². The third-order valence-electron chi connectivity index (χ3n) is 3.79. The number of carbonyl (C=O) groups is 1. The van der Waals surface area contributed by atoms with Crippen LogP contribution in [0, 0.1) is 0 Å². The number of anilines is 3. The zero-order chi connectivity index (χ0) is 18.5. The van der Waals surface area contributed by atoms with Crippen molar-refractivity contribution in [3.8, 4) is 11.4 Å². The maximum atomic E-state index is 11.1. The van der Waals surface area contributed by atoms with E-state index in [-0.39, 0.29) is 0 Å². The van der Waals surface area contributed by atoms with E-state index >= 15 is 0 Å². The Hall–Kier alpha value is -3.65. The van der Waals surface area contributed by atoms with E-state index in [4.69, 9.17) is 11.6 Å². The first-order chi connectivity index (χ1) is 12.6. The largest absolute Gasteiger partial charge is 0.397 e. The second-order valence-electron chi connectivity index (χ2n) is 5.54. The molecule has 0 radical (unpaired) electrons. The molecule has 0 saturated heterocycles. The van der Waals surface area contributed by atoms with E-state index in [0.29, 0.717) is 35.1 Å². The van der Waals surface area contributed by atoms with Gasteiger partial charge in [-0.1, -0.05) is 36.4 Å². The average molecular weight is 349 g/mol. The Balaban J connectivity index is 1.92. The van der Waals surface area contributed by atoms with Crippen molar-refractivity contribution in [3.63, 3.8) is 0 Å². The minimum Gasteiger partial charge on any atom is -0.397 e. The molecular weight excluding hydrogens is 330 g/mol. The summed E-state index contributed by atoms with van der Waals surface area (Å²) >= 11 is 0. The summed E-state index contributed by atoms with van der Waals surface area (Å²) in [6.45, 7) is 0. The normalized spacial score (nSPS) is 11.2. The first-order valence-corrected chi connectivity index (χ1v) is 7.88. The summed E-state index contributed by atoms with van der Waals surface area (Å²) in [5.41, 5.74) is 11.7. The molecule has 8 nitrogen and oxygen atoms in total. The van der Waals surface area contributed by atoms with Crippen molar-refractivity contribution in [2.75, 3.05) is 16.5 Å². The molecule has 0 spiro atoms. The van der Waals surface area contributed by atoms with Crippen LogP contribution in [0.25, 0.3) is 17.1 Å². The number of aryl methyl sites for hydroxylation is 1. The van der Waals surface area contributed by atoms with Crippen molar-refractivity contribution in [1.29, 1.82) is 0 Å². The van der Waals surface area contributed by atoms with Gasteiger partial charge in [0.1, 0.15) is 6.29 Å². The molecule has 0 bridgehead atoms. The molecule has 3 rings (SSSR count). The smallest absolute Gasteiger partial charge is 0.225 e. The number of nitrogens with two attached hydrogens (primary N) is 2. The van der Waals surface area contributed by atoms with Gasteiger partial charge in [-0.05, 0) is 12.1 Å². The van der Waals surface area contributed by atoms with Gasteiger partial charge in [0.05, 0.1) is 17.1 Å². The number of aldehydes is 1. The molecule has 0 saturated carbocycles. The highest BCUT2D eigenvalue weighted by molar-refractivity contribution is 5.88. The van der Waals surface area contributed by atoms with E-state index in [2.05, 4.69) is 20.8 Å². The molecular formula is C18H19N7O. The number of nitrogen functional groups attached to an aromatic ring is 2. The Kier molecular flexibility index (Phi) is 4.95. The van der Waals surface area contributed by atoms with Gasteiger partial charge in [-0.15, -0.1) is 5.10 Å². The van der Waals surface area contributed by atoms with Gasteiger partial charge >= 0.3 is 0 Å². The van der Waals surface area contributed by atoms with Crippen LogP contribution in [-0.4, -0.2) is 21.1 Å². The van der Waals surface area contributed by atoms with Crippen molar-refractivity contribution in [1.82, 2.24) is 14.8 Å². The van der Waals surface area contributed by atoms with E-state index in [0.717, 1.165) is 11.1 Å². The maximum Gasteiger partial charge on any atom is 0.225 e. The standard InChI is InChI=1S/C18H19N7O/c1-25-18(22-17(24-25)12-5-3-2-4-6-12)21-15(9-10-26)13-7-8-16(23-20)14(19)11-13/h2-11,23H,19-20H2,1H3,(H,21,22,24)/b15-9-. The Labute approximate surface area is 150 Å². The molecule has 8 heteroatoms. The second kappa shape index (κ2) is 7.49. The lowest BCUT2D eigenvalue weighted by Crippen LogP contribution is -2.10. The summed E-state index contributed by atoms with van der Waals surface area (Å²) < 4.78 is 1.61. The number of hydrazine groups is 1. The fourth-order valence-corrected chi connectivity index (χ4v) is 2.46. The van der Waals surface area contributed by atoms with Gasteiger partial charge in [-0.2, -0.15) is 4.98 Å². The molecule has 0 amide bonds. The molecule has 0 aliphatic rings. The molecule has 0 aliphatic carbocycles. The van der Waals surface area contributed by atoms with E-state index in [1.54, 1.807) is 29.9 Å². The zero-order valence-electron chi connectivity index (χ0n) is 14.2. The molecule has 0 aliphatic heterocycles. The van der Waals surface area contributed by atoms with Crippen LogP contribution in [0.5, 0.6) is 0 Å². The van der Waals surface area contributed by atoms with Crippen LogP contribution in [-0.2, 0) is 11.8 Å². The highest BCUT2D eigenvalue weighted by Crippen LogP contribution is 2.25. The second-order valence-corrected chi connectivity index (χ2v) is 5.54. The lowest BCUT2D eigenvalue weighted by molar-refractivity contribution is -0.104. The van der Waals surface area contributed by atoms with Crippen LogP contribution >= 0.6 is 0 Å². The minimum absolute atomic E-state index is 0.464. The SMILES string of the molecule is Cn1nc(-c2ccccc2)nc1N/C(=C\C=O)c1ccc(NN)c(N)c1. The number of nitrogens with one attached hydrogen (secondary N) is 2. The van der Waals surface area contributed by atoms with Gasteiger partial charge in [0, 0.05) is 24.3 Å². The average Bonchev–Trinajstić information content (AvgIpc) is 3.02. The molecule has 2 aromatic carbocycles. The third kappa shape index (κ3) is 3.55. The van der Waals surface area contributed by atoms with Gasteiger partial charge in [0.2, 0.25) is 5.95 Å². The first kappa shape index (κ1) is 17.2. The molecule has 1 aromatic heterocycles. The van der Waals surface area contributed by atoms with Gasteiger partial charge < -0.3 is 16.5 Å². The number of carbonyl (C=O) groups excluding carboxylic acids is 1. The molecule has 132 valence electrons. The van der Waals surface area contributed by atoms with Crippen molar-refractivity contribution < 1.29 is 4.79 Å². The summed E-state index contributed by atoms with van der Waals surface area (Å²) in [6.07, 6.45) is 2.10. The number of benzene rings is 2.